The number of benzene rings is 1. The molecule has 1 aliphatic carbocycles. The van der Waals surface area contributed by atoms with Crippen molar-refractivity contribution < 1.29 is 4.74 Å². The molecule has 0 spiro atoms. The Kier molecular flexibility index (Phi) is 6.37. The van der Waals surface area contributed by atoms with Gasteiger partial charge in [-0.1, -0.05) is 12.8 Å². The van der Waals surface area contributed by atoms with E-state index in [1.165, 1.54) is 30.7 Å². The minimum Gasteiger partial charge on any atom is -0.497 e. The summed E-state index contributed by atoms with van der Waals surface area (Å²) in [6, 6.07) is 10.7. The Bertz CT molecular complexity index is 1040. The molecule has 6 nitrogen and oxygen atoms in total. The molecule has 1 aromatic carbocycles. The summed E-state index contributed by atoms with van der Waals surface area (Å²) in [4.78, 5) is 18.1. The number of piperidine rings is 1. The smallest absolute Gasteiger partial charge is 0.223 e. The van der Waals surface area contributed by atoms with Crippen LogP contribution < -0.4 is 10.1 Å². The number of aromatic nitrogens is 3. The fraction of sp³-hybridized carbons (Fsp3) is 0.480. The lowest BCUT2D eigenvalue weighted by Crippen LogP contribution is -2.29. The van der Waals surface area contributed by atoms with Gasteiger partial charge in [-0.3, -0.25) is 0 Å². The second-order valence-electron chi connectivity index (χ2n) is 8.93. The van der Waals surface area contributed by atoms with Gasteiger partial charge in [0.1, 0.15) is 5.75 Å². The van der Waals surface area contributed by atoms with Crippen LogP contribution in [0.4, 0.5) is 5.95 Å². The summed E-state index contributed by atoms with van der Waals surface area (Å²) in [6.07, 6.45) is 9.15. The summed E-state index contributed by atoms with van der Waals surface area (Å²) in [5.41, 5.74) is 3.06. The van der Waals surface area contributed by atoms with E-state index in [4.69, 9.17) is 14.7 Å². The maximum absolute atomic E-state index is 5.36. The third-order valence-corrected chi connectivity index (χ3v) is 7.89. The zero-order chi connectivity index (χ0) is 21.9. The highest BCUT2D eigenvalue weighted by Crippen LogP contribution is 2.41. The first-order valence-electron chi connectivity index (χ1n) is 11.6. The lowest BCUT2D eigenvalue weighted by Gasteiger charge is -2.27. The molecule has 0 amide bonds. The van der Waals surface area contributed by atoms with Crippen molar-refractivity contribution in [1.82, 2.24) is 19.9 Å². The van der Waals surface area contributed by atoms with Gasteiger partial charge in [0.25, 0.3) is 0 Å². The number of rotatable bonds is 6. The standard InChI is InChI=1S/C25H31N5OS/c1-30-15-12-18(13-16-30)24-29-22(17-7-9-20(31-2)10-8-17)23(32-24)21-11-14-26-25(28-21)27-19-5-3-4-6-19/h7-11,14,18-19H,3-6,12-13,15-16H2,1-2H3,(H,26,27,28). The number of ether oxygens (including phenoxy) is 1. The van der Waals surface area contributed by atoms with Crippen LogP contribution in [0, 0.1) is 0 Å². The van der Waals surface area contributed by atoms with Crippen molar-refractivity contribution in [2.24, 2.45) is 0 Å². The van der Waals surface area contributed by atoms with Gasteiger partial charge >= 0.3 is 0 Å². The van der Waals surface area contributed by atoms with Crippen LogP contribution in [-0.4, -0.2) is 53.1 Å². The minimum atomic E-state index is 0.488. The molecule has 32 heavy (non-hydrogen) atoms. The maximum atomic E-state index is 5.36. The highest BCUT2D eigenvalue weighted by molar-refractivity contribution is 7.15. The summed E-state index contributed by atoms with van der Waals surface area (Å²) in [7, 11) is 3.90. The molecule has 5 rings (SSSR count). The number of methoxy groups -OCH3 is 1. The van der Waals surface area contributed by atoms with Gasteiger partial charge < -0.3 is 15.0 Å². The molecule has 0 atom stereocenters. The van der Waals surface area contributed by atoms with Crippen molar-refractivity contribution in [1.29, 1.82) is 0 Å². The average molecular weight is 450 g/mol. The first kappa shape index (κ1) is 21.3. The molecule has 2 aliphatic rings. The monoisotopic (exact) mass is 449 g/mol. The maximum Gasteiger partial charge on any atom is 0.223 e. The number of nitrogens with zero attached hydrogens (tertiary/aromatic N) is 4. The molecule has 1 saturated heterocycles. The predicted octanol–water partition coefficient (Wildman–Crippen LogP) is 5.44. The minimum absolute atomic E-state index is 0.488. The molecular formula is C25H31N5OS. The summed E-state index contributed by atoms with van der Waals surface area (Å²) in [6.45, 7) is 2.25. The second-order valence-corrected chi connectivity index (χ2v) is 9.96. The Balaban J connectivity index is 1.50. The lowest BCUT2D eigenvalue weighted by molar-refractivity contribution is 0.255. The number of nitrogens with one attached hydrogen (secondary N) is 1. The highest BCUT2D eigenvalue weighted by Gasteiger charge is 2.25. The first-order chi connectivity index (χ1) is 15.7. The number of likely N-dealkylation sites (tertiary alicyclic amines) is 1. The van der Waals surface area contributed by atoms with E-state index in [9.17, 15) is 0 Å². The normalized spacial score (nSPS) is 18.2. The van der Waals surface area contributed by atoms with Crippen LogP contribution in [0.5, 0.6) is 5.75 Å². The Hall–Kier alpha value is -2.51. The summed E-state index contributed by atoms with van der Waals surface area (Å²) < 4.78 is 5.36. The number of anilines is 1. The fourth-order valence-corrected chi connectivity index (χ4v) is 5.92. The molecule has 0 unspecified atom stereocenters. The van der Waals surface area contributed by atoms with Gasteiger partial charge in [-0.15, -0.1) is 11.3 Å². The zero-order valence-electron chi connectivity index (χ0n) is 18.9. The van der Waals surface area contributed by atoms with Gasteiger partial charge in [-0.2, -0.15) is 0 Å². The van der Waals surface area contributed by atoms with E-state index in [0.717, 1.165) is 59.5 Å². The van der Waals surface area contributed by atoms with E-state index in [2.05, 4.69) is 34.4 Å². The van der Waals surface area contributed by atoms with Gasteiger partial charge in [0.15, 0.2) is 0 Å². The molecular weight excluding hydrogens is 418 g/mol. The van der Waals surface area contributed by atoms with Crippen LogP contribution in [0.1, 0.15) is 49.5 Å². The van der Waals surface area contributed by atoms with E-state index < -0.39 is 0 Å². The van der Waals surface area contributed by atoms with E-state index in [1.807, 2.05) is 24.4 Å². The molecule has 2 aromatic heterocycles. The first-order valence-corrected chi connectivity index (χ1v) is 12.4. The molecule has 0 bridgehead atoms. The van der Waals surface area contributed by atoms with Gasteiger partial charge in [0, 0.05) is 23.7 Å². The molecule has 7 heteroatoms. The van der Waals surface area contributed by atoms with Crippen molar-refractivity contribution >= 4 is 17.3 Å². The quantitative estimate of drug-likeness (QED) is 0.541. The van der Waals surface area contributed by atoms with Crippen molar-refractivity contribution in [2.45, 2.75) is 50.5 Å². The largest absolute Gasteiger partial charge is 0.497 e. The Morgan fingerprint density at radius 1 is 1.00 bits per heavy atom. The molecule has 168 valence electrons. The van der Waals surface area contributed by atoms with Crippen LogP contribution in [0.15, 0.2) is 36.5 Å². The van der Waals surface area contributed by atoms with Crippen LogP contribution in [0.25, 0.3) is 21.8 Å². The van der Waals surface area contributed by atoms with Crippen LogP contribution in [-0.2, 0) is 0 Å². The Morgan fingerprint density at radius 2 is 1.75 bits per heavy atom. The Morgan fingerprint density at radius 3 is 2.47 bits per heavy atom. The number of thiazole rings is 1. The van der Waals surface area contributed by atoms with Crippen molar-refractivity contribution in [3.05, 3.63) is 41.5 Å². The molecule has 1 saturated carbocycles. The molecule has 3 heterocycles. The molecule has 2 fully saturated rings. The third kappa shape index (κ3) is 4.64. The number of hydrogen-bond acceptors (Lipinski definition) is 7. The topological polar surface area (TPSA) is 63.2 Å². The van der Waals surface area contributed by atoms with Crippen molar-refractivity contribution in [2.75, 3.05) is 32.6 Å². The van der Waals surface area contributed by atoms with Crippen LogP contribution >= 0.6 is 11.3 Å². The van der Waals surface area contributed by atoms with Crippen molar-refractivity contribution in [3.63, 3.8) is 0 Å². The molecule has 3 aromatic rings. The van der Waals surface area contributed by atoms with E-state index in [0.29, 0.717) is 12.0 Å². The van der Waals surface area contributed by atoms with Crippen LogP contribution in [0.2, 0.25) is 0 Å². The predicted molar refractivity (Wildman–Crippen MR) is 130 cm³/mol. The van der Waals surface area contributed by atoms with E-state index in [-0.39, 0.29) is 0 Å². The third-order valence-electron chi connectivity index (χ3n) is 6.65. The highest BCUT2D eigenvalue weighted by atomic mass is 32.1. The van der Waals surface area contributed by atoms with E-state index in [1.54, 1.807) is 18.4 Å². The molecule has 1 aliphatic heterocycles. The zero-order valence-corrected chi connectivity index (χ0v) is 19.7. The van der Waals surface area contributed by atoms with Gasteiger partial charge in [-0.05, 0) is 76.2 Å². The average Bonchev–Trinajstić information content (AvgIpc) is 3.50. The Labute approximate surface area is 194 Å². The van der Waals surface area contributed by atoms with Gasteiger partial charge in [0.2, 0.25) is 5.95 Å². The summed E-state index contributed by atoms with van der Waals surface area (Å²) in [5.74, 6) is 2.09. The fourth-order valence-electron chi connectivity index (χ4n) is 4.69. The number of hydrogen-bond donors (Lipinski definition) is 1. The van der Waals surface area contributed by atoms with E-state index >= 15 is 0 Å². The van der Waals surface area contributed by atoms with Gasteiger partial charge in [-0.25, -0.2) is 15.0 Å². The van der Waals surface area contributed by atoms with Crippen molar-refractivity contribution in [3.8, 4) is 27.6 Å². The lowest BCUT2D eigenvalue weighted by atomic mass is 9.98. The summed E-state index contributed by atoms with van der Waals surface area (Å²) >= 11 is 1.80. The van der Waals surface area contributed by atoms with Crippen LogP contribution in [0.3, 0.4) is 0 Å². The molecule has 1 N–H and O–H groups in total. The summed E-state index contributed by atoms with van der Waals surface area (Å²) in [5, 5.41) is 4.77. The molecule has 0 radical (unpaired) electrons. The second kappa shape index (κ2) is 9.55. The SMILES string of the molecule is COc1ccc(-c2nc(C3CCN(C)CC3)sc2-c2ccnc(NC3CCCC3)n2)cc1. The van der Waals surface area contributed by atoms with Gasteiger partial charge in [0.05, 0.1) is 28.4 Å².